The summed E-state index contributed by atoms with van der Waals surface area (Å²) < 4.78 is 5.16. The molecule has 0 aromatic heterocycles. The summed E-state index contributed by atoms with van der Waals surface area (Å²) in [5.41, 5.74) is -0.517. The number of hydrogen-bond acceptors (Lipinski definition) is 4. The Morgan fingerprint density at radius 2 is 1.89 bits per heavy atom. The molecule has 6 nitrogen and oxygen atoms in total. The lowest BCUT2D eigenvalue weighted by Gasteiger charge is -2.22. The molecule has 6 heteroatoms. The second-order valence-corrected chi connectivity index (χ2v) is 6.22. The van der Waals surface area contributed by atoms with Crippen molar-refractivity contribution in [3.05, 3.63) is 0 Å². The molecule has 0 saturated carbocycles. The van der Waals surface area contributed by atoms with Gasteiger partial charge >= 0.3 is 12.1 Å². The zero-order valence-corrected chi connectivity index (χ0v) is 12.1. The van der Waals surface area contributed by atoms with E-state index in [1.54, 1.807) is 0 Å². The van der Waals surface area contributed by atoms with Gasteiger partial charge in [-0.15, -0.1) is 0 Å². The van der Waals surface area contributed by atoms with Crippen molar-refractivity contribution in [2.75, 3.05) is 26.7 Å². The smallest absolute Gasteiger partial charge is 0.407 e. The number of carboxylic acid groups (broad SMARTS) is 1. The Morgan fingerprint density at radius 1 is 1.32 bits per heavy atom. The number of aliphatic carboxylic acids is 1. The van der Waals surface area contributed by atoms with Crippen molar-refractivity contribution in [3.63, 3.8) is 0 Å². The van der Waals surface area contributed by atoms with Crippen LogP contribution in [0, 0.1) is 11.8 Å². The second kappa shape index (κ2) is 6.23. The summed E-state index contributed by atoms with van der Waals surface area (Å²) in [5.74, 6) is -0.548. The molecular formula is C13H24N2O4. The SMILES string of the molecule is CN1CC(CNC(=O)OC(C)(C)C)C(CC(=O)O)C1. The van der Waals surface area contributed by atoms with Crippen LogP contribution < -0.4 is 5.32 Å². The Labute approximate surface area is 114 Å². The van der Waals surface area contributed by atoms with Gasteiger partial charge in [0.25, 0.3) is 0 Å². The van der Waals surface area contributed by atoms with Crippen LogP contribution >= 0.6 is 0 Å². The van der Waals surface area contributed by atoms with Crippen LogP contribution in [0.2, 0.25) is 0 Å². The van der Waals surface area contributed by atoms with Crippen LogP contribution in [0.5, 0.6) is 0 Å². The van der Waals surface area contributed by atoms with Crippen LogP contribution in [-0.4, -0.2) is 54.4 Å². The predicted molar refractivity (Wildman–Crippen MR) is 71.0 cm³/mol. The molecule has 2 unspecified atom stereocenters. The van der Waals surface area contributed by atoms with E-state index < -0.39 is 17.7 Å². The number of likely N-dealkylation sites (tertiary alicyclic amines) is 1. The highest BCUT2D eigenvalue weighted by Crippen LogP contribution is 2.24. The first-order chi connectivity index (χ1) is 8.67. The Bertz CT molecular complexity index is 338. The van der Waals surface area contributed by atoms with E-state index in [-0.39, 0.29) is 18.3 Å². The largest absolute Gasteiger partial charge is 0.481 e. The Morgan fingerprint density at radius 3 is 2.42 bits per heavy atom. The van der Waals surface area contributed by atoms with E-state index in [9.17, 15) is 9.59 Å². The van der Waals surface area contributed by atoms with Crippen LogP contribution in [0.3, 0.4) is 0 Å². The zero-order chi connectivity index (χ0) is 14.6. The third kappa shape index (κ3) is 5.92. The average Bonchev–Trinajstić information content (AvgIpc) is 2.52. The normalized spacial score (nSPS) is 24.2. The minimum atomic E-state index is -0.789. The Balaban J connectivity index is 2.42. The molecule has 2 N–H and O–H groups in total. The number of carbonyl (C=O) groups excluding carboxylic acids is 1. The monoisotopic (exact) mass is 272 g/mol. The number of rotatable bonds is 4. The molecule has 2 atom stereocenters. The second-order valence-electron chi connectivity index (χ2n) is 6.22. The van der Waals surface area contributed by atoms with Gasteiger partial charge in [0, 0.05) is 26.1 Å². The number of carbonyl (C=O) groups is 2. The Hall–Kier alpha value is -1.30. The number of carboxylic acids is 1. The van der Waals surface area contributed by atoms with E-state index in [1.807, 2.05) is 27.8 Å². The highest BCUT2D eigenvalue weighted by molar-refractivity contribution is 5.68. The fourth-order valence-corrected chi connectivity index (χ4v) is 2.39. The van der Waals surface area contributed by atoms with Crippen molar-refractivity contribution in [2.24, 2.45) is 11.8 Å². The minimum Gasteiger partial charge on any atom is -0.481 e. The molecule has 0 aliphatic carbocycles. The summed E-state index contributed by atoms with van der Waals surface area (Å²) in [6, 6.07) is 0. The summed E-state index contributed by atoms with van der Waals surface area (Å²) >= 11 is 0. The van der Waals surface area contributed by atoms with Gasteiger partial charge in [0.1, 0.15) is 5.60 Å². The maximum atomic E-state index is 11.6. The average molecular weight is 272 g/mol. The number of amides is 1. The van der Waals surface area contributed by atoms with Crippen LogP contribution in [0.15, 0.2) is 0 Å². The van der Waals surface area contributed by atoms with E-state index in [4.69, 9.17) is 9.84 Å². The van der Waals surface area contributed by atoms with Gasteiger partial charge in [-0.2, -0.15) is 0 Å². The van der Waals surface area contributed by atoms with Crippen LogP contribution in [0.4, 0.5) is 4.79 Å². The first kappa shape index (κ1) is 15.8. The maximum Gasteiger partial charge on any atom is 0.407 e. The molecule has 110 valence electrons. The van der Waals surface area contributed by atoms with Gasteiger partial charge in [-0.05, 0) is 39.7 Å². The van der Waals surface area contributed by atoms with Crippen molar-refractivity contribution >= 4 is 12.1 Å². The van der Waals surface area contributed by atoms with Crippen molar-refractivity contribution in [1.29, 1.82) is 0 Å². The van der Waals surface area contributed by atoms with Crippen molar-refractivity contribution in [2.45, 2.75) is 32.8 Å². The zero-order valence-electron chi connectivity index (χ0n) is 12.1. The highest BCUT2D eigenvalue weighted by atomic mass is 16.6. The van der Waals surface area contributed by atoms with Crippen molar-refractivity contribution in [3.8, 4) is 0 Å². The molecule has 1 rings (SSSR count). The summed E-state index contributed by atoms with van der Waals surface area (Å²) in [5, 5.41) is 11.6. The lowest BCUT2D eigenvalue weighted by Crippen LogP contribution is -2.37. The fourth-order valence-electron chi connectivity index (χ4n) is 2.39. The molecule has 0 aromatic rings. The number of nitrogens with one attached hydrogen (secondary N) is 1. The first-order valence-corrected chi connectivity index (χ1v) is 6.54. The van der Waals surface area contributed by atoms with Crippen LogP contribution in [0.25, 0.3) is 0 Å². The van der Waals surface area contributed by atoms with Gasteiger partial charge < -0.3 is 20.1 Å². The van der Waals surface area contributed by atoms with E-state index in [0.29, 0.717) is 6.54 Å². The molecular weight excluding hydrogens is 248 g/mol. The third-order valence-electron chi connectivity index (χ3n) is 3.10. The lowest BCUT2D eigenvalue weighted by molar-refractivity contribution is -0.138. The van der Waals surface area contributed by atoms with Crippen LogP contribution in [0.1, 0.15) is 27.2 Å². The molecule has 0 radical (unpaired) electrons. The highest BCUT2D eigenvalue weighted by Gasteiger charge is 2.32. The van der Waals surface area contributed by atoms with E-state index in [2.05, 4.69) is 10.2 Å². The standard InChI is InChI=1S/C13H24N2O4/c1-13(2,3)19-12(18)14-6-10-8-15(4)7-9(10)5-11(16)17/h9-10H,5-8H2,1-4H3,(H,14,18)(H,16,17). The number of alkyl carbamates (subject to hydrolysis) is 1. The summed E-state index contributed by atoms with van der Waals surface area (Å²) in [6.07, 6.45) is -0.304. The molecule has 1 fully saturated rings. The topological polar surface area (TPSA) is 78.9 Å². The molecule has 0 spiro atoms. The number of hydrogen-bond donors (Lipinski definition) is 2. The molecule has 1 aliphatic heterocycles. The van der Waals surface area contributed by atoms with E-state index in [0.717, 1.165) is 13.1 Å². The molecule has 1 amide bonds. The number of nitrogens with zero attached hydrogens (tertiary/aromatic N) is 1. The third-order valence-corrected chi connectivity index (χ3v) is 3.10. The summed E-state index contributed by atoms with van der Waals surface area (Å²) in [6.45, 7) is 7.44. The number of ether oxygens (including phenoxy) is 1. The fraction of sp³-hybridized carbons (Fsp3) is 0.846. The Kier molecular flexibility index (Phi) is 5.17. The molecule has 1 aliphatic rings. The summed E-state index contributed by atoms with van der Waals surface area (Å²) in [4.78, 5) is 24.5. The van der Waals surface area contributed by atoms with Crippen molar-refractivity contribution < 1.29 is 19.4 Å². The quantitative estimate of drug-likeness (QED) is 0.803. The van der Waals surface area contributed by atoms with E-state index >= 15 is 0 Å². The summed E-state index contributed by atoms with van der Waals surface area (Å²) in [7, 11) is 1.96. The lowest BCUT2D eigenvalue weighted by atomic mass is 9.93. The maximum absolute atomic E-state index is 11.6. The van der Waals surface area contributed by atoms with Crippen molar-refractivity contribution in [1.82, 2.24) is 10.2 Å². The van der Waals surface area contributed by atoms with Gasteiger partial charge in [0.05, 0.1) is 0 Å². The van der Waals surface area contributed by atoms with Gasteiger partial charge in [0.15, 0.2) is 0 Å². The van der Waals surface area contributed by atoms with Gasteiger partial charge in [-0.1, -0.05) is 0 Å². The molecule has 1 heterocycles. The van der Waals surface area contributed by atoms with Gasteiger partial charge in [-0.3, -0.25) is 4.79 Å². The van der Waals surface area contributed by atoms with Crippen LogP contribution in [-0.2, 0) is 9.53 Å². The molecule has 19 heavy (non-hydrogen) atoms. The first-order valence-electron chi connectivity index (χ1n) is 6.54. The molecule has 0 aromatic carbocycles. The predicted octanol–water partition coefficient (Wildman–Crippen LogP) is 1.16. The van der Waals surface area contributed by atoms with Gasteiger partial charge in [-0.25, -0.2) is 4.79 Å². The van der Waals surface area contributed by atoms with Gasteiger partial charge in [0.2, 0.25) is 0 Å². The minimum absolute atomic E-state index is 0.0810. The van der Waals surface area contributed by atoms with E-state index in [1.165, 1.54) is 0 Å². The molecule has 0 bridgehead atoms. The molecule has 1 saturated heterocycles.